The minimum absolute atomic E-state index is 0.128. The van der Waals surface area contributed by atoms with Crippen molar-refractivity contribution in [3.05, 3.63) is 60.4 Å². The van der Waals surface area contributed by atoms with Gasteiger partial charge in [0.25, 0.3) is 0 Å². The van der Waals surface area contributed by atoms with Crippen LogP contribution in [0.2, 0.25) is 0 Å². The molecule has 0 saturated carbocycles. The number of aromatic nitrogens is 3. The van der Waals surface area contributed by atoms with E-state index in [0.717, 1.165) is 37.2 Å². The molecule has 180 valence electrons. The Labute approximate surface area is 204 Å². The van der Waals surface area contributed by atoms with E-state index in [0.29, 0.717) is 23.8 Å². The third-order valence-corrected chi connectivity index (χ3v) is 6.83. The maximum atomic E-state index is 12.9. The van der Waals surface area contributed by atoms with Gasteiger partial charge in [0.2, 0.25) is 5.91 Å². The number of methoxy groups -OCH3 is 1. The molecule has 1 aromatic heterocycles. The summed E-state index contributed by atoms with van der Waals surface area (Å²) in [6.45, 7) is 7.80. The minimum Gasteiger partial charge on any atom is -0.493 e. The number of para-hydroxylation sites is 3. The first-order valence-corrected chi connectivity index (χ1v) is 12.5. The van der Waals surface area contributed by atoms with Crippen LogP contribution >= 0.6 is 11.8 Å². The van der Waals surface area contributed by atoms with E-state index in [4.69, 9.17) is 9.47 Å². The highest BCUT2D eigenvalue weighted by molar-refractivity contribution is 7.99. The fourth-order valence-corrected chi connectivity index (χ4v) is 4.95. The van der Waals surface area contributed by atoms with Crippen LogP contribution in [0.15, 0.2) is 59.8 Å². The fraction of sp³-hybridized carbons (Fsp3) is 0.400. The van der Waals surface area contributed by atoms with E-state index in [-0.39, 0.29) is 12.0 Å². The van der Waals surface area contributed by atoms with Crippen LogP contribution in [0.1, 0.15) is 25.8 Å². The zero-order valence-electron chi connectivity index (χ0n) is 19.9. The highest BCUT2D eigenvalue weighted by Crippen LogP contribution is 2.31. The molecule has 0 radical (unpaired) electrons. The van der Waals surface area contributed by atoms with Crippen LogP contribution in [0.4, 0.5) is 5.69 Å². The molecule has 1 atom stereocenters. The normalized spacial score (nSPS) is 14.7. The molecule has 1 aliphatic heterocycles. The molecule has 0 spiro atoms. The van der Waals surface area contributed by atoms with Gasteiger partial charge in [-0.25, -0.2) is 0 Å². The molecule has 34 heavy (non-hydrogen) atoms. The maximum absolute atomic E-state index is 12.9. The number of nitrogens with zero attached hydrogens (tertiary/aromatic N) is 5. The van der Waals surface area contributed by atoms with Crippen LogP contribution in [-0.4, -0.2) is 64.6 Å². The number of carbonyl (C=O) groups excluding carboxylic acids is 1. The van der Waals surface area contributed by atoms with Gasteiger partial charge in [0.1, 0.15) is 0 Å². The van der Waals surface area contributed by atoms with Crippen molar-refractivity contribution in [2.45, 2.75) is 31.7 Å². The van der Waals surface area contributed by atoms with Crippen molar-refractivity contribution in [2.24, 2.45) is 0 Å². The topological polar surface area (TPSA) is 72.7 Å². The number of benzene rings is 2. The fourth-order valence-electron chi connectivity index (χ4n) is 4.03. The van der Waals surface area contributed by atoms with Gasteiger partial charge in [-0.15, -0.1) is 10.2 Å². The van der Waals surface area contributed by atoms with Crippen LogP contribution in [0.5, 0.6) is 11.5 Å². The number of anilines is 1. The molecule has 1 fully saturated rings. The summed E-state index contributed by atoms with van der Waals surface area (Å²) in [7, 11) is 1.62. The number of rotatable bonds is 9. The van der Waals surface area contributed by atoms with Gasteiger partial charge in [0.05, 0.1) is 12.9 Å². The predicted molar refractivity (Wildman–Crippen MR) is 134 cm³/mol. The molecule has 0 N–H and O–H groups in total. The van der Waals surface area contributed by atoms with Crippen LogP contribution in [0.3, 0.4) is 0 Å². The number of thioether (sulfide) groups is 1. The molecule has 0 aliphatic carbocycles. The van der Waals surface area contributed by atoms with Gasteiger partial charge in [-0.05, 0) is 38.1 Å². The summed E-state index contributed by atoms with van der Waals surface area (Å²) < 4.78 is 13.5. The SMILES string of the molecule is CCn1c(SCC(=O)N2CCN(c3ccccc3)CC2)nnc1C(C)Oc1ccccc1OC. The first-order valence-electron chi connectivity index (χ1n) is 11.5. The van der Waals surface area contributed by atoms with E-state index in [1.165, 1.54) is 17.4 Å². The van der Waals surface area contributed by atoms with Gasteiger partial charge in [0.15, 0.2) is 28.6 Å². The molecule has 1 saturated heterocycles. The summed E-state index contributed by atoms with van der Waals surface area (Å²) in [5, 5.41) is 9.44. The van der Waals surface area contributed by atoms with Crippen LogP contribution < -0.4 is 14.4 Å². The van der Waals surface area contributed by atoms with Crippen molar-refractivity contribution in [3.63, 3.8) is 0 Å². The molecule has 4 rings (SSSR count). The van der Waals surface area contributed by atoms with E-state index in [9.17, 15) is 4.79 Å². The van der Waals surface area contributed by atoms with Crippen molar-refractivity contribution in [3.8, 4) is 11.5 Å². The van der Waals surface area contributed by atoms with Gasteiger partial charge in [-0.2, -0.15) is 0 Å². The summed E-state index contributed by atoms with van der Waals surface area (Å²) in [4.78, 5) is 17.1. The maximum Gasteiger partial charge on any atom is 0.233 e. The van der Waals surface area contributed by atoms with Gasteiger partial charge in [-0.1, -0.05) is 42.1 Å². The Morgan fingerprint density at radius 3 is 2.35 bits per heavy atom. The predicted octanol–water partition coefficient (Wildman–Crippen LogP) is 3.89. The zero-order chi connectivity index (χ0) is 23.9. The average molecular weight is 482 g/mol. The van der Waals surface area contributed by atoms with Gasteiger partial charge in [0, 0.05) is 38.4 Å². The molecule has 2 aromatic carbocycles. The molecule has 8 nitrogen and oxygen atoms in total. The summed E-state index contributed by atoms with van der Waals surface area (Å²) in [6.07, 6.45) is -0.320. The lowest BCUT2D eigenvalue weighted by molar-refractivity contribution is -0.128. The lowest BCUT2D eigenvalue weighted by Gasteiger charge is -2.36. The molecule has 0 bridgehead atoms. The van der Waals surface area contributed by atoms with Crippen LogP contribution in [0.25, 0.3) is 0 Å². The Bertz CT molecular complexity index is 1080. The van der Waals surface area contributed by atoms with Gasteiger partial charge >= 0.3 is 0 Å². The Kier molecular flexibility index (Phi) is 7.95. The van der Waals surface area contributed by atoms with Crippen LogP contribution in [-0.2, 0) is 11.3 Å². The van der Waals surface area contributed by atoms with Gasteiger partial charge < -0.3 is 23.8 Å². The standard InChI is InChI=1S/C25H31N5O3S/c1-4-30-24(19(2)33-22-13-9-8-12-21(22)32-3)26-27-25(30)34-18-23(31)29-16-14-28(15-17-29)20-10-6-5-7-11-20/h5-13,19H,4,14-18H2,1-3H3. The molecule has 9 heteroatoms. The first kappa shape index (κ1) is 23.9. The number of ether oxygens (including phenoxy) is 2. The summed E-state index contributed by atoms with van der Waals surface area (Å²) in [5.74, 6) is 2.51. The molecule has 1 aliphatic rings. The van der Waals surface area contributed by atoms with E-state index in [2.05, 4.69) is 27.2 Å². The quantitative estimate of drug-likeness (QED) is 0.429. The van der Waals surface area contributed by atoms with Crippen molar-refractivity contribution in [2.75, 3.05) is 43.9 Å². The van der Waals surface area contributed by atoms with E-state index >= 15 is 0 Å². The lowest BCUT2D eigenvalue weighted by Crippen LogP contribution is -2.49. The van der Waals surface area contributed by atoms with Crippen molar-refractivity contribution >= 4 is 23.4 Å². The minimum atomic E-state index is -0.320. The molecule has 1 unspecified atom stereocenters. The average Bonchev–Trinajstić information content (AvgIpc) is 3.31. The monoisotopic (exact) mass is 481 g/mol. The first-order chi connectivity index (χ1) is 16.6. The molecule has 1 amide bonds. The van der Waals surface area contributed by atoms with E-state index < -0.39 is 0 Å². The summed E-state index contributed by atoms with van der Waals surface area (Å²) in [6, 6.07) is 17.9. The Hall–Kier alpha value is -3.20. The van der Waals surface area contributed by atoms with Crippen molar-refractivity contribution < 1.29 is 14.3 Å². The van der Waals surface area contributed by atoms with E-state index in [1.54, 1.807) is 7.11 Å². The summed E-state index contributed by atoms with van der Waals surface area (Å²) in [5.41, 5.74) is 1.21. The third kappa shape index (κ3) is 5.47. The molecular formula is C25H31N5O3S. The van der Waals surface area contributed by atoms with Gasteiger partial charge in [-0.3, -0.25) is 4.79 Å². The second-order valence-electron chi connectivity index (χ2n) is 7.99. The van der Waals surface area contributed by atoms with Crippen molar-refractivity contribution in [1.29, 1.82) is 0 Å². The molecule has 3 aromatic rings. The second kappa shape index (κ2) is 11.3. The number of hydrogen-bond donors (Lipinski definition) is 0. The number of hydrogen-bond acceptors (Lipinski definition) is 7. The largest absolute Gasteiger partial charge is 0.493 e. The number of amides is 1. The Morgan fingerprint density at radius 2 is 1.68 bits per heavy atom. The highest BCUT2D eigenvalue weighted by atomic mass is 32.2. The number of piperazine rings is 1. The highest BCUT2D eigenvalue weighted by Gasteiger charge is 2.24. The van der Waals surface area contributed by atoms with E-state index in [1.807, 2.05) is 65.8 Å². The lowest BCUT2D eigenvalue weighted by atomic mass is 10.2. The van der Waals surface area contributed by atoms with Crippen LogP contribution in [0, 0.1) is 0 Å². The third-order valence-electron chi connectivity index (χ3n) is 5.88. The zero-order valence-corrected chi connectivity index (χ0v) is 20.7. The second-order valence-corrected chi connectivity index (χ2v) is 8.93. The van der Waals surface area contributed by atoms with Crippen molar-refractivity contribution in [1.82, 2.24) is 19.7 Å². The summed E-state index contributed by atoms with van der Waals surface area (Å²) >= 11 is 1.43. The smallest absolute Gasteiger partial charge is 0.233 e. The Balaban J connectivity index is 1.33. The molecule has 2 heterocycles. The molecular weight excluding hydrogens is 450 g/mol. The Morgan fingerprint density at radius 1 is 1.00 bits per heavy atom. The number of carbonyl (C=O) groups is 1.